The van der Waals surface area contributed by atoms with Crippen LogP contribution in [0.2, 0.25) is 0 Å². The van der Waals surface area contributed by atoms with Crippen LogP contribution in [-0.4, -0.2) is 20.4 Å². The number of hydrogen-bond acceptors (Lipinski definition) is 5. The van der Waals surface area contributed by atoms with Gasteiger partial charge >= 0.3 is 0 Å². The van der Waals surface area contributed by atoms with Gasteiger partial charge in [-0.15, -0.1) is 20.4 Å². The number of nitrogens with zero attached hydrogens (tertiary/aromatic N) is 4. The molecule has 5 nitrogen and oxygen atoms in total. The first-order chi connectivity index (χ1) is 5.86. The molecule has 0 amide bonds. The van der Waals surface area contributed by atoms with Gasteiger partial charge in [-0.3, -0.25) is 0 Å². The van der Waals surface area contributed by atoms with Gasteiger partial charge in [0.15, 0.2) is 11.6 Å². The van der Waals surface area contributed by atoms with Crippen LogP contribution in [0, 0.1) is 6.92 Å². The highest BCUT2D eigenvalue weighted by atomic mass is 16.3. The Morgan fingerprint density at radius 3 is 2.50 bits per heavy atom. The third kappa shape index (κ3) is 1.16. The molecule has 5 heteroatoms. The Bertz CT molecular complexity index is 353. The van der Waals surface area contributed by atoms with Crippen LogP contribution < -0.4 is 0 Å². The zero-order chi connectivity index (χ0) is 8.39. The van der Waals surface area contributed by atoms with Gasteiger partial charge in [-0.05, 0) is 19.1 Å². The molecule has 60 valence electrons. The fraction of sp³-hybridized carbons (Fsp3) is 0.143. The molecule has 0 radical (unpaired) electrons. The van der Waals surface area contributed by atoms with Crippen molar-refractivity contribution in [2.75, 3.05) is 0 Å². The summed E-state index contributed by atoms with van der Waals surface area (Å²) in [6.07, 6.45) is 1.55. The molecule has 0 fully saturated rings. The highest BCUT2D eigenvalue weighted by molar-refractivity contribution is 5.43. The molecule has 0 aliphatic rings. The number of hydrogen-bond donors (Lipinski definition) is 0. The third-order valence-electron chi connectivity index (χ3n) is 1.32. The highest BCUT2D eigenvalue weighted by Crippen LogP contribution is 2.11. The molecule has 2 rings (SSSR count). The normalized spacial score (nSPS) is 10.1. The molecule has 0 N–H and O–H groups in total. The van der Waals surface area contributed by atoms with Crippen molar-refractivity contribution >= 4 is 0 Å². The lowest BCUT2D eigenvalue weighted by Crippen LogP contribution is -1.97. The number of aryl methyl sites for hydroxylation is 1. The van der Waals surface area contributed by atoms with E-state index in [-0.39, 0.29) is 0 Å². The monoisotopic (exact) mass is 162 g/mol. The molecule has 0 unspecified atom stereocenters. The van der Waals surface area contributed by atoms with E-state index < -0.39 is 0 Å². The van der Waals surface area contributed by atoms with Gasteiger partial charge in [-0.1, -0.05) is 0 Å². The Kier molecular flexibility index (Phi) is 1.55. The molecular formula is C7H6N4O. The standard InChI is InChI=1S/C7H6N4O/c1-5-8-10-7(11-9-5)6-3-2-4-12-6/h2-4H,1H3. The summed E-state index contributed by atoms with van der Waals surface area (Å²) < 4.78 is 5.05. The van der Waals surface area contributed by atoms with Crippen LogP contribution in [0.1, 0.15) is 5.82 Å². The van der Waals surface area contributed by atoms with Crippen LogP contribution in [0.5, 0.6) is 0 Å². The van der Waals surface area contributed by atoms with Gasteiger partial charge in [0, 0.05) is 0 Å². The first kappa shape index (κ1) is 6.90. The fourth-order valence-corrected chi connectivity index (χ4v) is 0.784. The van der Waals surface area contributed by atoms with E-state index in [1.165, 1.54) is 0 Å². The topological polar surface area (TPSA) is 64.7 Å². The van der Waals surface area contributed by atoms with E-state index in [0.717, 1.165) is 0 Å². The second-order valence-corrected chi connectivity index (χ2v) is 2.25. The second-order valence-electron chi connectivity index (χ2n) is 2.25. The Morgan fingerprint density at radius 2 is 1.92 bits per heavy atom. The number of furan rings is 1. The summed E-state index contributed by atoms with van der Waals surface area (Å²) in [4.78, 5) is 0. The van der Waals surface area contributed by atoms with Crippen LogP contribution >= 0.6 is 0 Å². The van der Waals surface area contributed by atoms with Crippen molar-refractivity contribution < 1.29 is 4.42 Å². The molecule has 0 aromatic carbocycles. The Labute approximate surface area is 68.5 Å². The molecule has 0 aliphatic carbocycles. The van der Waals surface area contributed by atoms with Crippen molar-refractivity contribution in [2.45, 2.75) is 6.92 Å². The van der Waals surface area contributed by atoms with Gasteiger partial charge in [-0.2, -0.15) is 0 Å². The lowest BCUT2D eigenvalue weighted by Gasteiger charge is -1.91. The Hall–Kier alpha value is -1.78. The zero-order valence-corrected chi connectivity index (χ0v) is 6.43. The van der Waals surface area contributed by atoms with Gasteiger partial charge in [0.2, 0.25) is 5.82 Å². The Morgan fingerprint density at radius 1 is 1.17 bits per heavy atom. The summed E-state index contributed by atoms with van der Waals surface area (Å²) >= 11 is 0. The zero-order valence-electron chi connectivity index (χ0n) is 6.43. The minimum atomic E-state index is 0.408. The first-order valence-corrected chi connectivity index (χ1v) is 3.44. The lowest BCUT2D eigenvalue weighted by atomic mass is 10.4. The van der Waals surface area contributed by atoms with Crippen LogP contribution in [-0.2, 0) is 0 Å². The smallest absolute Gasteiger partial charge is 0.238 e. The summed E-state index contributed by atoms with van der Waals surface area (Å²) in [6.45, 7) is 1.73. The predicted molar refractivity (Wildman–Crippen MR) is 40.1 cm³/mol. The molecule has 0 bridgehead atoms. The second kappa shape index (κ2) is 2.69. The molecule has 2 aromatic heterocycles. The molecule has 0 spiro atoms. The van der Waals surface area contributed by atoms with Crippen molar-refractivity contribution in [2.24, 2.45) is 0 Å². The Balaban J connectivity index is 2.43. The predicted octanol–water partition coefficient (Wildman–Crippen LogP) is 0.835. The van der Waals surface area contributed by atoms with Crippen molar-refractivity contribution in [3.63, 3.8) is 0 Å². The maximum atomic E-state index is 5.05. The molecule has 2 aromatic rings. The SMILES string of the molecule is Cc1nnc(-c2ccco2)nn1. The molecular weight excluding hydrogens is 156 g/mol. The van der Waals surface area contributed by atoms with E-state index >= 15 is 0 Å². The molecule has 0 saturated carbocycles. The van der Waals surface area contributed by atoms with Gasteiger partial charge in [0.25, 0.3) is 0 Å². The summed E-state index contributed by atoms with van der Waals surface area (Å²) in [5, 5.41) is 15.1. The van der Waals surface area contributed by atoms with Crippen LogP contribution in [0.25, 0.3) is 11.6 Å². The summed E-state index contributed by atoms with van der Waals surface area (Å²) in [5.74, 6) is 1.53. The van der Waals surface area contributed by atoms with Crippen molar-refractivity contribution in [1.82, 2.24) is 20.4 Å². The van der Waals surface area contributed by atoms with E-state index in [2.05, 4.69) is 20.4 Å². The van der Waals surface area contributed by atoms with Crippen LogP contribution in [0.15, 0.2) is 22.8 Å². The van der Waals surface area contributed by atoms with E-state index in [9.17, 15) is 0 Å². The molecule has 2 heterocycles. The van der Waals surface area contributed by atoms with E-state index in [0.29, 0.717) is 17.4 Å². The average molecular weight is 162 g/mol. The van der Waals surface area contributed by atoms with Gasteiger partial charge in [0.05, 0.1) is 6.26 Å². The number of rotatable bonds is 1. The van der Waals surface area contributed by atoms with Crippen LogP contribution in [0.4, 0.5) is 0 Å². The summed E-state index contributed by atoms with van der Waals surface area (Å²) in [6, 6.07) is 3.52. The van der Waals surface area contributed by atoms with Crippen molar-refractivity contribution in [3.05, 3.63) is 24.2 Å². The highest BCUT2D eigenvalue weighted by Gasteiger charge is 2.03. The molecule has 12 heavy (non-hydrogen) atoms. The van der Waals surface area contributed by atoms with E-state index in [4.69, 9.17) is 4.42 Å². The van der Waals surface area contributed by atoms with E-state index in [1.54, 1.807) is 25.3 Å². The number of aromatic nitrogens is 4. The summed E-state index contributed by atoms with van der Waals surface area (Å²) in [7, 11) is 0. The third-order valence-corrected chi connectivity index (χ3v) is 1.32. The molecule has 0 aliphatic heterocycles. The molecule has 0 atom stereocenters. The fourth-order valence-electron chi connectivity index (χ4n) is 0.784. The maximum absolute atomic E-state index is 5.05. The maximum Gasteiger partial charge on any atom is 0.238 e. The van der Waals surface area contributed by atoms with Crippen molar-refractivity contribution in [3.8, 4) is 11.6 Å². The quantitative estimate of drug-likeness (QED) is 0.621. The largest absolute Gasteiger partial charge is 0.461 e. The van der Waals surface area contributed by atoms with E-state index in [1.807, 2.05) is 0 Å². The summed E-state index contributed by atoms with van der Waals surface area (Å²) in [5.41, 5.74) is 0. The minimum absolute atomic E-state index is 0.408. The first-order valence-electron chi connectivity index (χ1n) is 3.44. The van der Waals surface area contributed by atoms with Crippen LogP contribution in [0.3, 0.4) is 0 Å². The lowest BCUT2D eigenvalue weighted by molar-refractivity contribution is 0.572. The molecule has 0 saturated heterocycles. The average Bonchev–Trinajstić information content (AvgIpc) is 2.58. The van der Waals surface area contributed by atoms with Crippen molar-refractivity contribution in [1.29, 1.82) is 0 Å². The van der Waals surface area contributed by atoms with Gasteiger partial charge in [-0.25, -0.2) is 0 Å². The van der Waals surface area contributed by atoms with Gasteiger partial charge < -0.3 is 4.42 Å². The minimum Gasteiger partial charge on any atom is -0.461 e. The van der Waals surface area contributed by atoms with Gasteiger partial charge in [0.1, 0.15) is 0 Å².